The zero-order valence-electron chi connectivity index (χ0n) is 39.4. The molecular weight excluding hydrogens is 703 g/mol. The summed E-state index contributed by atoms with van der Waals surface area (Å²) >= 11 is 0. The minimum Gasteiger partial charge on any atom is -0.469 e. The number of fused-ring (bicyclic) bond motifs is 5. The van der Waals surface area contributed by atoms with Crippen LogP contribution in [0.5, 0.6) is 0 Å². The summed E-state index contributed by atoms with van der Waals surface area (Å²) in [5.74, 6) is 2.48. The van der Waals surface area contributed by atoms with E-state index in [1.807, 2.05) is 6.08 Å². The summed E-state index contributed by atoms with van der Waals surface area (Å²) in [6.07, 6.45) is 29.6. The first kappa shape index (κ1) is 45.2. The summed E-state index contributed by atoms with van der Waals surface area (Å²) in [6, 6.07) is 4.96. The molecule has 1 saturated carbocycles. The van der Waals surface area contributed by atoms with E-state index < -0.39 is 0 Å². The monoisotopic (exact) mass is 780 g/mol. The van der Waals surface area contributed by atoms with Crippen LogP contribution in [0.15, 0.2) is 125 Å². The van der Waals surface area contributed by atoms with Gasteiger partial charge in [0.1, 0.15) is 5.58 Å². The third-order valence-corrected chi connectivity index (χ3v) is 12.7. The molecule has 2 unspecified atom stereocenters. The summed E-state index contributed by atoms with van der Waals surface area (Å²) < 4.78 is 7.06. The van der Waals surface area contributed by atoms with Crippen LogP contribution in [0, 0.1) is 27.6 Å². The van der Waals surface area contributed by atoms with Crippen molar-refractivity contribution in [3.8, 4) is 0 Å². The molecule has 2 atom stereocenters. The highest BCUT2D eigenvalue weighted by atomic mass is 16.3. The van der Waals surface area contributed by atoms with E-state index >= 15 is 0 Å². The Morgan fingerprint density at radius 1 is 0.810 bits per heavy atom. The van der Waals surface area contributed by atoms with Gasteiger partial charge in [0, 0.05) is 29.2 Å². The largest absolute Gasteiger partial charge is 0.469 e. The predicted octanol–water partition coefficient (Wildman–Crippen LogP) is 14.7. The molecule has 0 amide bonds. The minimum atomic E-state index is -0.127. The van der Waals surface area contributed by atoms with Gasteiger partial charge in [-0.25, -0.2) is 0 Å². The van der Waals surface area contributed by atoms with Gasteiger partial charge in [0.25, 0.3) is 0 Å². The van der Waals surface area contributed by atoms with Gasteiger partial charge < -0.3 is 14.2 Å². The third-order valence-electron chi connectivity index (χ3n) is 12.7. The molecule has 0 N–H and O–H groups in total. The van der Waals surface area contributed by atoms with E-state index in [1.54, 1.807) is 0 Å². The maximum Gasteiger partial charge on any atom is 0.236 e. The van der Waals surface area contributed by atoms with E-state index in [1.165, 1.54) is 48.0 Å². The molecule has 1 aliphatic heterocycles. The molecule has 2 heterocycles. The zero-order chi connectivity index (χ0) is 43.2. The van der Waals surface area contributed by atoms with E-state index in [9.17, 15) is 0 Å². The number of allylic oxidation sites excluding steroid dienone is 10. The van der Waals surface area contributed by atoms with E-state index in [4.69, 9.17) is 4.42 Å². The lowest BCUT2D eigenvalue weighted by Crippen LogP contribution is -2.44. The van der Waals surface area contributed by atoms with E-state index in [0.717, 1.165) is 33.7 Å². The van der Waals surface area contributed by atoms with Crippen molar-refractivity contribution in [1.82, 2.24) is 4.90 Å². The quantitative estimate of drug-likeness (QED) is 0.151. The van der Waals surface area contributed by atoms with Gasteiger partial charge >= 0.3 is 0 Å². The molecular formula is C54H76BN2O. The first-order valence-electron chi connectivity index (χ1n) is 21.9. The maximum absolute atomic E-state index is 7.06. The Morgan fingerprint density at radius 2 is 1.36 bits per heavy atom. The van der Waals surface area contributed by atoms with E-state index in [0.29, 0.717) is 0 Å². The highest BCUT2D eigenvalue weighted by molar-refractivity contribution is 6.60. The lowest BCUT2D eigenvalue weighted by atomic mass is 9.52. The number of hydrogen-bond donors (Lipinski definition) is 0. The second kappa shape index (κ2) is 16.3. The van der Waals surface area contributed by atoms with Crippen LogP contribution < -0.4 is 10.6 Å². The Hall–Kier alpha value is -3.92. The molecule has 0 spiro atoms. The molecule has 4 aliphatic rings. The molecule has 3 nitrogen and oxygen atoms in total. The van der Waals surface area contributed by atoms with Gasteiger partial charge in [0.15, 0.2) is 0 Å². The van der Waals surface area contributed by atoms with Gasteiger partial charge in [-0.05, 0) is 124 Å². The lowest BCUT2D eigenvalue weighted by molar-refractivity contribution is 0.188. The molecule has 3 aliphatic carbocycles. The van der Waals surface area contributed by atoms with Gasteiger partial charge in [0.05, 0.1) is 17.4 Å². The standard InChI is InChI=1S/C54H76BN2O/c1-19-21-39-24-32-56(45(23-27-50(8,9)10)37(3)22-26-49(5,6)7)38(4)36-55-48-47(57(39)33-25-42(52(14,15)16)41(20-2)51(11,12)13)40-34-43-44(35-46(40)58-48)54(18)30-28-53(43,17)29-31-54/h19-27,32-37,45H,1-2,28-31H2,3-18H3/b26-22+,27-23+,32-24+,33-25+,38-36-,39-21+,42-41-. The fourth-order valence-corrected chi connectivity index (χ4v) is 9.09. The van der Waals surface area contributed by atoms with Crippen molar-refractivity contribution in [2.75, 3.05) is 4.90 Å². The smallest absolute Gasteiger partial charge is 0.236 e. The summed E-state index contributed by atoms with van der Waals surface area (Å²) in [5, 5.41) is 1.15. The molecule has 1 fully saturated rings. The van der Waals surface area contributed by atoms with Gasteiger partial charge in [0.2, 0.25) is 7.28 Å². The highest BCUT2D eigenvalue weighted by Crippen LogP contribution is 2.57. The zero-order valence-corrected chi connectivity index (χ0v) is 39.4. The van der Waals surface area contributed by atoms with Crippen molar-refractivity contribution in [3.63, 3.8) is 0 Å². The van der Waals surface area contributed by atoms with Crippen molar-refractivity contribution >= 4 is 29.6 Å². The number of anilines is 1. The van der Waals surface area contributed by atoms with Crippen molar-refractivity contribution in [2.45, 2.75) is 153 Å². The van der Waals surface area contributed by atoms with Crippen molar-refractivity contribution in [1.29, 1.82) is 0 Å². The molecule has 6 rings (SSSR count). The molecule has 1 aromatic carbocycles. The van der Waals surface area contributed by atoms with E-state index in [2.05, 4.69) is 220 Å². The van der Waals surface area contributed by atoms with Crippen LogP contribution in [0.25, 0.3) is 11.0 Å². The van der Waals surface area contributed by atoms with Gasteiger partial charge in [-0.15, -0.1) is 0 Å². The first-order valence-corrected chi connectivity index (χ1v) is 21.9. The van der Waals surface area contributed by atoms with Crippen LogP contribution in [0.1, 0.15) is 148 Å². The summed E-state index contributed by atoms with van der Waals surface area (Å²) in [7, 11) is 2.20. The minimum absolute atomic E-state index is 0.0390. The highest BCUT2D eigenvalue weighted by Gasteiger charge is 2.48. The molecule has 0 saturated heterocycles. The third kappa shape index (κ3) is 9.75. The molecule has 2 aromatic rings. The second-order valence-electron chi connectivity index (χ2n) is 22.4. The van der Waals surface area contributed by atoms with Crippen LogP contribution in [0.2, 0.25) is 0 Å². The maximum atomic E-state index is 7.06. The summed E-state index contributed by atoms with van der Waals surface area (Å²) in [4.78, 5) is 4.77. The Balaban J connectivity index is 1.83. The van der Waals surface area contributed by atoms with Gasteiger partial charge in [-0.1, -0.05) is 159 Å². The number of hydrogen-bond acceptors (Lipinski definition) is 3. The van der Waals surface area contributed by atoms with Crippen molar-refractivity contribution in [3.05, 3.63) is 132 Å². The number of rotatable bonds is 8. The molecule has 2 bridgehead atoms. The van der Waals surface area contributed by atoms with Crippen LogP contribution >= 0.6 is 0 Å². The fraction of sp³-hybridized carbons (Fsp3) is 0.519. The average molecular weight is 780 g/mol. The number of benzene rings is 1. The Labute approximate surface area is 355 Å². The SMILES string of the molecule is C=C/C=C1\C=C\N(C(/C=C/C(C)(C)C)C(C)/C=C/C(C)(C)C)/C(C)=C\[B]c2oc3cc4c(cc3c2N1/C=C/C(=C(\C=C)C(C)(C)C)C(C)(C)C)C1(C)CCC4(C)CC1. The molecule has 4 heteroatoms. The topological polar surface area (TPSA) is 19.6 Å². The lowest BCUT2D eigenvalue weighted by Gasteiger charge is -2.52. The Kier molecular flexibility index (Phi) is 12.7. The average Bonchev–Trinajstić information content (AvgIpc) is 3.46. The van der Waals surface area contributed by atoms with Crippen molar-refractivity contribution in [2.24, 2.45) is 27.6 Å². The summed E-state index contributed by atoms with van der Waals surface area (Å²) in [5.41, 5.74) is 10.7. The van der Waals surface area contributed by atoms with Crippen LogP contribution in [-0.2, 0) is 10.8 Å². The number of nitrogens with zero attached hydrogens (tertiary/aromatic N) is 2. The van der Waals surface area contributed by atoms with Crippen LogP contribution in [0.4, 0.5) is 5.69 Å². The van der Waals surface area contributed by atoms with Crippen molar-refractivity contribution < 1.29 is 4.42 Å². The molecule has 1 aromatic heterocycles. The molecule has 1 radical (unpaired) electrons. The Morgan fingerprint density at radius 3 is 1.88 bits per heavy atom. The predicted molar refractivity (Wildman–Crippen MR) is 256 cm³/mol. The molecule has 58 heavy (non-hydrogen) atoms. The van der Waals surface area contributed by atoms with Crippen LogP contribution in [0.3, 0.4) is 0 Å². The second-order valence-corrected chi connectivity index (χ2v) is 22.4. The first-order chi connectivity index (χ1) is 26.7. The number of furan rings is 1. The fourth-order valence-electron chi connectivity index (χ4n) is 9.09. The molecule has 311 valence electrons. The van der Waals surface area contributed by atoms with Gasteiger partial charge in [-0.2, -0.15) is 0 Å². The van der Waals surface area contributed by atoms with E-state index in [-0.39, 0.29) is 44.4 Å². The Bertz CT molecular complexity index is 2090. The van der Waals surface area contributed by atoms with Gasteiger partial charge in [-0.3, -0.25) is 0 Å². The summed E-state index contributed by atoms with van der Waals surface area (Å²) in [6.45, 7) is 45.4. The normalized spacial score (nSPS) is 25.7. The van der Waals surface area contributed by atoms with Crippen LogP contribution in [-0.4, -0.2) is 18.2 Å².